The number of imide groups is 1. The van der Waals surface area contributed by atoms with Crippen LogP contribution in [0.2, 0.25) is 0 Å². The highest BCUT2D eigenvalue weighted by atomic mass is 32.2. The summed E-state index contributed by atoms with van der Waals surface area (Å²) in [6, 6.07) is 12.7. The van der Waals surface area contributed by atoms with Crippen molar-refractivity contribution in [1.29, 1.82) is 5.26 Å². The molecular weight excluding hydrogens is 849 g/mol. The molecule has 3 amide bonds. The Balaban J connectivity index is 0.847. The topological polar surface area (TPSA) is 199 Å². The lowest BCUT2D eigenvalue weighted by molar-refractivity contribution is -0.135. The van der Waals surface area contributed by atoms with Gasteiger partial charge in [0.25, 0.3) is 5.56 Å². The predicted octanol–water partition coefficient (Wildman–Crippen LogP) is 5.38. The normalized spacial score (nSPS) is 20.7. The molecule has 3 aliphatic heterocycles. The van der Waals surface area contributed by atoms with Crippen molar-refractivity contribution in [2.75, 3.05) is 56.4 Å². The number of amides is 3. The zero-order valence-corrected chi connectivity index (χ0v) is 36.6. The fourth-order valence-corrected chi connectivity index (χ4v) is 10.5. The maximum atomic E-state index is 15.3. The monoisotopic (exact) mass is 899 g/mol. The first-order valence-corrected chi connectivity index (χ1v) is 23.1. The van der Waals surface area contributed by atoms with Crippen LogP contribution in [-0.4, -0.2) is 102 Å². The van der Waals surface area contributed by atoms with Crippen molar-refractivity contribution in [2.45, 2.75) is 82.7 Å². The van der Waals surface area contributed by atoms with Gasteiger partial charge in [-0.05, 0) is 124 Å². The molecule has 1 saturated carbocycles. The Morgan fingerprint density at radius 1 is 1.00 bits per heavy atom. The van der Waals surface area contributed by atoms with E-state index in [2.05, 4.69) is 25.2 Å². The van der Waals surface area contributed by atoms with Gasteiger partial charge in [-0.15, -0.1) is 0 Å². The summed E-state index contributed by atoms with van der Waals surface area (Å²) >= 11 is 0. The van der Waals surface area contributed by atoms with Gasteiger partial charge in [-0.25, -0.2) is 13.8 Å². The average molecular weight is 900 g/mol. The lowest BCUT2D eigenvalue weighted by Gasteiger charge is -2.40. The summed E-state index contributed by atoms with van der Waals surface area (Å²) in [7, 11) is -2.66. The molecule has 4 aromatic rings. The van der Waals surface area contributed by atoms with Crippen molar-refractivity contribution < 1.29 is 36.3 Å². The molecule has 1 aromatic heterocycles. The third-order valence-corrected chi connectivity index (χ3v) is 15.1. The number of halogens is 2. The van der Waals surface area contributed by atoms with Crippen LogP contribution in [0.1, 0.15) is 87.8 Å². The molecule has 1 aliphatic carbocycles. The number of nitrogens with one attached hydrogen (secondary N) is 3. The number of rotatable bonds is 12. The van der Waals surface area contributed by atoms with Gasteiger partial charge in [0, 0.05) is 44.8 Å². The molecule has 1 spiro atoms. The second kappa shape index (κ2) is 18.3. The van der Waals surface area contributed by atoms with Crippen molar-refractivity contribution in [1.82, 2.24) is 29.0 Å². The zero-order valence-electron chi connectivity index (χ0n) is 35.7. The third-order valence-electron chi connectivity index (χ3n) is 13.5. The zero-order chi connectivity index (χ0) is 45.3. The molecule has 0 bridgehead atoms. The Morgan fingerprint density at radius 2 is 1.77 bits per heavy atom. The first kappa shape index (κ1) is 44.6. The van der Waals surface area contributed by atoms with Gasteiger partial charge in [0.15, 0.2) is 11.6 Å². The maximum absolute atomic E-state index is 15.3. The van der Waals surface area contributed by atoms with Gasteiger partial charge < -0.3 is 15.0 Å². The van der Waals surface area contributed by atoms with Crippen LogP contribution in [0.4, 0.5) is 20.2 Å². The molecule has 0 radical (unpaired) electrons. The largest absolute Gasteiger partial charge is 0.453 e. The molecule has 4 aliphatic rings. The lowest BCUT2D eigenvalue weighted by Crippen LogP contribution is -2.47. The fourth-order valence-electron chi connectivity index (χ4n) is 9.57. The number of likely N-dealkylation sites (tertiary alicyclic amines) is 2. The van der Waals surface area contributed by atoms with Crippen molar-refractivity contribution in [2.24, 2.45) is 5.41 Å². The van der Waals surface area contributed by atoms with E-state index >= 15 is 8.78 Å². The van der Waals surface area contributed by atoms with Crippen molar-refractivity contribution >= 4 is 50.2 Å². The van der Waals surface area contributed by atoms with E-state index in [0.717, 1.165) is 48.5 Å². The highest BCUT2D eigenvalue weighted by Crippen LogP contribution is 2.50. The summed E-state index contributed by atoms with van der Waals surface area (Å²) in [4.78, 5) is 59.7. The smallest absolute Gasteiger partial charge is 0.301 e. The van der Waals surface area contributed by atoms with Crippen LogP contribution < -0.4 is 25.7 Å². The Morgan fingerprint density at radius 3 is 2.47 bits per heavy atom. The number of ether oxygens (including phenoxy) is 1. The van der Waals surface area contributed by atoms with E-state index in [9.17, 15) is 32.9 Å². The number of nitriles is 1. The molecular formula is C45H51F2N9O7S. The summed E-state index contributed by atoms with van der Waals surface area (Å²) in [5.74, 6) is -2.29. The summed E-state index contributed by atoms with van der Waals surface area (Å²) in [6.07, 6.45) is 7.61. The number of hydrogen-bond acceptors (Lipinski definition) is 11. The number of carbonyl (C=O) groups excluding carboxylic acids is 3. The molecule has 3 saturated heterocycles. The van der Waals surface area contributed by atoms with E-state index in [1.165, 1.54) is 25.2 Å². The molecule has 338 valence electrons. The number of piperidine rings is 3. The molecule has 2 atom stereocenters. The number of benzene rings is 3. The second-order valence-electron chi connectivity index (χ2n) is 17.4. The average Bonchev–Trinajstić information content (AvgIpc) is 3.68. The SMILES string of the molecule is CCN(C)S(=O)(=O)Nc1ccc(F)c(Oc2ccc3ncn(C4CCC5(CCN(C(=O)CN6CCC(c7ccc(NC8CCC(=O)NC8=O)cc7F)CC6)CC5)C4)c(=O)c3c2)c1C#N. The number of carbonyl (C=O) groups is 3. The van der Waals surface area contributed by atoms with Crippen molar-refractivity contribution in [3.8, 4) is 17.6 Å². The van der Waals surface area contributed by atoms with Gasteiger partial charge in [0.05, 0.1) is 29.5 Å². The molecule has 64 heavy (non-hydrogen) atoms. The van der Waals surface area contributed by atoms with Crippen LogP contribution >= 0.6 is 0 Å². The van der Waals surface area contributed by atoms with Crippen LogP contribution in [0, 0.1) is 28.4 Å². The molecule has 2 unspecified atom stereocenters. The minimum atomic E-state index is -4.02. The van der Waals surface area contributed by atoms with Crippen LogP contribution in [-0.2, 0) is 24.6 Å². The molecule has 16 nitrogen and oxygen atoms in total. The highest BCUT2D eigenvalue weighted by molar-refractivity contribution is 7.90. The maximum Gasteiger partial charge on any atom is 0.301 e. The van der Waals surface area contributed by atoms with Crippen molar-refractivity contribution in [3.63, 3.8) is 0 Å². The molecule has 3 aromatic carbocycles. The van der Waals surface area contributed by atoms with Gasteiger partial charge in [0.2, 0.25) is 17.7 Å². The number of nitrogens with zero attached hydrogens (tertiary/aromatic N) is 6. The van der Waals surface area contributed by atoms with E-state index in [1.54, 1.807) is 36.0 Å². The summed E-state index contributed by atoms with van der Waals surface area (Å²) in [6.45, 7) is 4.68. The standard InChI is InChI=1S/C45H51F2N9O7S/c1-3-53(2)64(61,62)52-38-9-7-35(46)42(34(38)25-48)63-31-5-8-37-33(23-31)44(60)56(27-49-37)30-12-15-45(24-30)16-20-55(21-17-45)41(58)26-54-18-13-28(14-19-54)32-6-4-29(22-36(32)47)50-39-10-11-40(57)51-43(39)59/h4-9,22-23,27-28,30,39,50,52H,3,10-21,24,26H2,1-2H3,(H,51,57,59). The number of fused-ring (bicyclic) bond motifs is 1. The highest BCUT2D eigenvalue weighted by Gasteiger charge is 2.43. The van der Waals surface area contributed by atoms with Gasteiger partial charge in [0.1, 0.15) is 29.2 Å². The molecule has 3 N–H and O–H groups in total. The van der Waals surface area contributed by atoms with Gasteiger partial charge >= 0.3 is 10.2 Å². The van der Waals surface area contributed by atoms with Gasteiger partial charge in [-0.2, -0.15) is 18.0 Å². The van der Waals surface area contributed by atoms with Crippen LogP contribution in [0.25, 0.3) is 10.9 Å². The van der Waals surface area contributed by atoms with E-state index in [1.807, 2.05) is 11.0 Å². The summed E-state index contributed by atoms with van der Waals surface area (Å²) < 4.78 is 66.6. The minimum Gasteiger partial charge on any atom is -0.453 e. The van der Waals surface area contributed by atoms with E-state index < -0.39 is 33.7 Å². The van der Waals surface area contributed by atoms with Crippen LogP contribution in [0.3, 0.4) is 0 Å². The summed E-state index contributed by atoms with van der Waals surface area (Å²) in [5, 5.41) is 15.5. The molecule has 4 heterocycles. The first-order chi connectivity index (χ1) is 30.7. The lowest BCUT2D eigenvalue weighted by atomic mass is 9.77. The van der Waals surface area contributed by atoms with Gasteiger partial charge in [-0.3, -0.25) is 38.7 Å². The molecule has 19 heteroatoms. The quantitative estimate of drug-likeness (QED) is 0.154. The minimum absolute atomic E-state index is 0.0115. The Bertz CT molecular complexity index is 2690. The number of hydrogen-bond donors (Lipinski definition) is 3. The second-order valence-corrected chi connectivity index (χ2v) is 19.2. The van der Waals surface area contributed by atoms with Crippen LogP contribution in [0.5, 0.6) is 11.5 Å². The Hall–Kier alpha value is -5.97. The van der Waals surface area contributed by atoms with Gasteiger partial charge in [-0.1, -0.05) is 13.0 Å². The third kappa shape index (κ3) is 9.31. The van der Waals surface area contributed by atoms with E-state index in [0.29, 0.717) is 68.8 Å². The van der Waals surface area contributed by atoms with E-state index in [-0.39, 0.29) is 75.9 Å². The number of aromatic nitrogens is 2. The number of anilines is 2. The summed E-state index contributed by atoms with van der Waals surface area (Å²) in [5.41, 5.74) is 0.674. The molecule has 8 rings (SSSR count). The Labute approximate surface area is 369 Å². The fraction of sp³-hybridized carbons (Fsp3) is 0.467. The Kier molecular flexibility index (Phi) is 12.7. The van der Waals surface area contributed by atoms with Crippen molar-refractivity contribution in [3.05, 3.63) is 88.0 Å². The molecule has 4 fully saturated rings. The van der Waals surface area contributed by atoms with Crippen LogP contribution in [0.15, 0.2) is 59.7 Å². The first-order valence-electron chi connectivity index (χ1n) is 21.7. The van der Waals surface area contributed by atoms with E-state index in [4.69, 9.17) is 4.74 Å². The predicted molar refractivity (Wildman–Crippen MR) is 234 cm³/mol.